The highest BCUT2D eigenvalue weighted by Gasteiger charge is 2.53. The van der Waals surface area contributed by atoms with Gasteiger partial charge in [0.2, 0.25) is 10.0 Å². The van der Waals surface area contributed by atoms with Crippen LogP contribution in [0.4, 0.5) is 0 Å². The summed E-state index contributed by atoms with van der Waals surface area (Å²) in [6.45, 7) is 5.16. The van der Waals surface area contributed by atoms with E-state index in [9.17, 15) is 18.0 Å². The summed E-state index contributed by atoms with van der Waals surface area (Å²) >= 11 is 0. The number of piperidine rings is 1. The van der Waals surface area contributed by atoms with Gasteiger partial charge in [-0.05, 0) is 42.9 Å². The number of hydrogen-bond donors (Lipinski definition) is 1. The molecule has 3 heterocycles. The van der Waals surface area contributed by atoms with E-state index in [1.54, 1.807) is 26.2 Å². The van der Waals surface area contributed by atoms with Crippen LogP contribution in [-0.2, 0) is 14.8 Å². The van der Waals surface area contributed by atoms with Crippen LogP contribution in [0.3, 0.4) is 0 Å². The predicted octanol–water partition coefficient (Wildman–Crippen LogP) is 3.08. The van der Waals surface area contributed by atoms with Crippen molar-refractivity contribution in [1.82, 2.24) is 14.5 Å². The fourth-order valence-electron chi connectivity index (χ4n) is 5.92. The first-order chi connectivity index (χ1) is 16.4. The van der Waals surface area contributed by atoms with Gasteiger partial charge < -0.3 is 10.2 Å². The minimum atomic E-state index is -3.80. The molecule has 1 aromatic rings. The topological polar surface area (TPSA) is 112 Å². The third-order valence-corrected chi connectivity index (χ3v) is 9.48. The van der Waals surface area contributed by atoms with Crippen molar-refractivity contribution in [3.05, 3.63) is 52.5 Å². The molecule has 1 N–H and O–H groups in total. The smallest absolute Gasteiger partial charge is 0.253 e. The number of rotatable bonds is 3. The van der Waals surface area contributed by atoms with Gasteiger partial charge in [0.25, 0.3) is 5.91 Å². The van der Waals surface area contributed by atoms with Crippen LogP contribution >= 0.6 is 0 Å². The second-order valence-electron chi connectivity index (χ2n) is 10.9. The van der Waals surface area contributed by atoms with Crippen molar-refractivity contribution in [2.75, 3.05) is 33.7 Å². The SMILES string of the molecule is CN(C)C(=O)c1cccc(S(=O)(=O)N2CCC3(CC2)C2=C(N=NC2)NC2=C3C(=O)CC(C)(C)C2)c1. The molecule has 0 radical (unpaired) electrons. The normalized spacial score (nSPS) is 23.3. The van der Waals surface area contributed by atoms with E-state index in [2.05, 4.69) is 29.4 Å². The van der Waals surface area contributed by atoms with Crippen molar-refractivity contribution in [1.29, 1.82) is 0 Å². The molecular weight excluding hydrogens is 466 g/mol. The van der Waals surface area contributed by atoms with Crippen molar-refractivity contribution < 1.29 is 18.0 Å². The number of carbonyl (C=O) groups is 2. The first kappa shape index (κ1) is 23.9. The lowest BCUT2D eigenvalue weighted by Crippen LogP contribution is -2.50. The molecule has 5 rings (SSSR count). The van der Waals surface area contributed by atoms with Crippen molar-refractivity contribution in [2.24, 2.45) is 21.1 Å². The van der Waals surface area contributed by atoms with E-state index in [-0.39, 0.29) is 35.1 Å². The highest BCUT2D eigenvalue weighted by molar-refractivity contribution is 7.89. The Morgan fingerprint density at radius 1 is 1.14 bits per heavy atom. The molecule has 186 valence electrons. The maximum absolute atomic E-state index is 13.5. The summed E-state index contributed by atoms with van der Waals surface area (Å²) in [5.41, 5.74) is 2.37. The van der Waals surface area contributed by atoms with Gasteiger partial charge in [-0.3, -0.25) is 9.59 Å². The van der Waals surface area contributed by atoms with Gasteiger partial charge in [0.15, 0.2) is 11.6 Å². The molecule has 1 aliphatic carbocycles. The minimum Gasteiger partial charge on any atom is -0.345 e. The van der Waals surface area contributed by atoms with E-state index in [1.165, 1.54) is 21.3 Å². The Balaban J connectivity index is 1.46. The summed E-state index contributed by atoms with van der Waals surface area (Å²) in [6.07, 6.45) is 2.22. The van der Waals surface area contributed by atoms with E-state index >= 15 is 0 Å². The number of nitrogens with zero attached hydrogens (tertiary/aromatic N) is 4. The Morgan fingerprint density at radius 3 is 2.54 bits per heavy atom. The Hall–Kier alpha value is -2.85. The van der Waals surface area contributed by atoms with Crippen LogP contribution < -0.4 is 5.32 Å². The van der Waals surface area contributed by atoms with Crippen LogP contribution in [0.25, 0.3) is 0 Å². The van der Waals surface area contributed by atoms with Gasteiger partial charge in [-0.1, -0.05) is 19.9 Å². The monoisotopic (exact) mass is 497 g/mol. The molecular formula is C25H31N5O4S. The number of sulfonamides is 1. The lowest BCUT2D eigenvalue weighted by molar-refractivity contribution is -0.119. The Morgan fingerprint density at radius 2 is 1.86 bits per heavy atom. The molecule has 1 amide bonds. The first-order valence-electron chi connectivity index (χ1n) is 11.9. The summed E-state index contributed by atoms with van der Waals surface area (Å²) in [7, 11) is -0.534. The van der Waals surface area contributed by atoms with E-state index in [0.717, 1.165) is 29.1 Å². The molecule has 0 unspecified atom stereocenters. The fraction of sp³-hybridized carbons (Fsp3) is 0.520. The van der Waals surface area contributed by atoms with Crippen molar-refractivity contribution in [2.45, 2.75) is 44.4 Å². The lowest BCUT2D eigenvalue weighted by Gasteiger charge is -2.48. The lowest BCUT2D eigenvalue weighted by atomic mass is 9.60. The molecule has 0 aromatic heterocycles. The minimum absolute atomic E-state index is 0.104. The summed E-state index contributed by atoms with van der Waals surface area (Å²) in [5.74, 6) is 0.606. The fourth-order valence-corrected chi connectivity index (χ4v) is 7.41. The number of nitrogens with one attached hydrogen (secondary N) is 1. The molecule has 0 saturated carbocycles. The van der Waals surface area contributed by atoms with Gasteiger partial charge in [-0.2, -0.15) is 9.42 Å². The number of ketones is 1. The Kier molecular flexibility index (Phi) is 5.52. The van der Waals surface area contributed by atoms with Crippen LogP contribution in [0, 0.1) is 10.8 Å². The van der Waals surface area contributed by atoms with Gasteiger partial charge in [-0.15, -0.1) is 5.11 Å². The van der Waals surface area contributed by atoms with Crippen molar-refractivity contribution in [3.8, 4) is 0 Å². The average molecular weight is 498 g/mol. The molecule has 35 heavy (non-hydrogen) atoms. The summed E-state index contributed by atoms with van der Waals surface area (Å²) in [5, 5.41) is 11.9. The Bertz CT molecular complexity index is 1310. The number of azo groups is 1. The highest BCUT2D eigenvalue weighted by Crippen LogP contribution is 2.55. The molecule has 3 aliphatic heterocycles. The van der Waals surface area contributed by atoms with Crippen LogP contribution in [0.2, 0.25) is 0 Å². The number of carbonyl (C=O) groups excluding carboxylic acids is 2. The second-order valence-corrected chi connectivity index (χ2v) is 12.8. The van der Waals surface area contributed by atoms with E-state index < -0.39 is 15.4 Å². The molecule has 10 heteroatoms. The average Bonchev–Trinajstić information content (AvgIpc) is 3.27. The molecule has 4 aliphatic rings. The highest BCUT2D eigenvalue weighted by atomic mass is 32.2. The summed E-state index contributed by atoms with van der Waals surface area (Å²) < 4.78 is 28.5. The van der Waals surface area contributed by atoms with Gasteiger partial charge in [-0.25, -0.2) is 8.42 Å². The van der Waals surface area contributed by atoms with Crippen LogP contribution in [0.5, 0.6) is 0 Å². The number of dihydropyridines is 1. The number of benzene rings is 1. The maximum Gasteiger partial charge on any atom is 0.253 e. The van der Waals surface area contributed by atoms with Crippen LogP contribution in [0.15, 0.2) is 62.1 Å². The van der Waals surface area contributed by atoms with Gasteiger partial charge in [0.05, 0.1) is 11.4 Å². The van der Waals surface area contributed by atoms with Crippen LogP contribution in [-0.4, -0.2) is 63.0 Å². The number of hydrogen-bond acceptors (Lipinski definition) is 7. The van der Waals surface area contributed by atoms with Gasteiger partial charge >= 0.3 is 0 Å². The molecule has 0 atom stereocenters. The summed E-state index contributed by atoms with van der Waals surface area (Å²) in [6, 6.07) is 6.18. The third-order valence-electron chi connectivity index (χ3n) is 7.59. The molecule has 9 nitrogen and oxygen atoms in total. The zero-order valence-corrected chi connectivity index (χ0v) is 21.4. The predicted molar refractivity (Wildman–Crippen MR) is 130 cm³/mol. The van der Waals surface area contributed by atoms with Crippen molar-refractivity contribution in [3.63, 3.8) is 0 Å². The molecule has 0 bridgehead atoms. The zero-order valence-electron chi connectivity index (χ0n) is 20.6. The van der Waals surface area contributed by atoms with E-state index in [0.29, 0.717) is 31.4 Å². The zero-order chi connectivity index (χ0) is 25.2. The molecule has 1 saturated heterocycles. The quantitative estimate of drug-likeness (QED) is 0.690. The molecule has 1 aromatic carbocycles. The van der Waals surface area contributed by atoms with E-state index in [4.69, 9.17) is 0 Å². The Labute approximate surface area is 206 Å². The second kappa shape index (κ2) is 8.09. The van der Waals surface area contributed by atoms with Crippen LogP contribution in [0.1, 0.15) is 49.9 Å². The van der Waals surface area contributed by atoms with Gasteiger partial charge in [0.1, 0.15) is 0 Å². The summed E-state index contributed by atoms with van der Waals surface area (Å²) in [4.78, 5) is 27.3. The molecule has 1 fully saturated rings. The van der Waals surface area contributed by atoms with Gasteiger partial charge in [0, 0.05) is 61.4 Å². The number of amides is 1. The standard InChI is InChI=1S/C25H31N5O4S/c1-24(2)13-19-21(20(31)14-24)25(18-15-26-28-22(18)27-19)8-10-30(11-9-25)35(33,34)17-7-5-6-16(12-17)23(32)29(3)4/h5-7,12,27H,8-11,13-15H2,1-4H3. The largest absolute Gasteiger partial charge is 0.345 e. The third kappa shape index (κ3) is 3.83. The number of allylic oxidation sites excluding steroid dienone is 2. The number of fused-ring (bicyclic) bond motifs is 2. The number of Topliss-reactive ketones (excluding diaryl/α,β-unsaturated/α-hetero) is 1. The maximum atomic E-state index is 13.5. The van der Waals surface area contributed by atoms with Crippen molar-refractivity contribution >= 4 is 21.7 Å². The van der Waals surface area contributed by atoms with E-state index in [1.807, 2.05) is 0 Å². The molecule has 1 spiro atoms. The first-order valence-corrected chi connectivity index (χ1v) is 13.4.